The van der Waals surface area contributed by atoms with Crippen LogP contribution in [0, 0.1) is 0 Å². The van der Waals surface area contributed by atoms with Gasteiger partial charge in [0, 0.05) is 4.47 Å². The molecule has 0 saturated carbocycles. The van der Waals surface area contributed by atoms with Crippen molar-refractivity contribution in [2.24, 2.45) is 0 Å². The van der Waals surface area contributed by atoms with Gasteiger partial charge >= 0.3 is 0 Å². The van der Waals surface area contributed by atoms with Crippen LogP contribution in [-0.4, -0.2) is 13.0 Å². The molecule has 1 aliphatic carbocycles. The van der Waals surface area contributed by atoms with Gasteiger partial charge in [0.2, 0.25) is 0 Å². The fourth-order valence-corrected chi connectivity index (χ4v) is 3.37. The zero-order chi connectivity index (χ0) is 15.5. The van der Waals surface area contributed by atoms with Gasteiger partial charge in [-0.2, -0.15) is 0 Å². The molecule has 0 aromatic heterocycles. The molecule has 22 heavy (non-hydrogen) atoms. The number of methoxy groups -OCH3 is 1. The van der Waals surface area contributed by atoms with Gasteiger partial charge < -0.3 is 10.1 Å². The van der Waals surface area contributed by atoms with E-state index in [9.17, 15) is 4.79 Å². The molecule has 3 rings (SSSR count). The molecule has 0 radical (unpaired) electrons. The van der Waals surface area contributed by atoms with E-state index in [2.05, 4.69) is 39.4 Å². The molecule has 0 fully saturated rings. The SMILES string of the molecule is COc1ccc(Br)c(C(=O)N[C@H]2CCCc3ccccc32)c1. The largest absolute Gasteiger partial charge is 0.497 e. The fraction of sp³-hybridized carbons (Fsp3) is 0.278. The minimum absolute atomic E-state index is 0.0764. The van der Waals surface area contributed by atoms with E-state index in [1.165, 1.54) is 11.1 Å². The van der Waals surface area contributed by atoms with Gasteiger partial charge in [-0.25, -0.2) is 0 Å². The van der Waals surface area contributed by atoms with E-state index in [0.717, 1.165) is 23.7 Å². The molecule has 0 saturated heterocycles. The Bertz CT molecular complexity index is 699. The highest BCUT2D eigenvalue weighted by Crippen LogP contribution is 2.30. The zero-order valence-corrected chi connectivity index (χ0v) is 14.0. The highest BCUT2D eigenvalue weighted by Gasteiger charge is 2.22. The second-order valence-corrected chi connectivity index (χ2v) is 6.32. The standard InChI is InChI=1S/C18H18BrNO2/c1-22-13-9-10-16(19)15(11-13)18(21)20-17-8-4-6-12-5-2-3-7-14(12)17/h2-3,5,7,9-11,17H,4,6,8H2,1H3,(H,20,21)/t17-/m0/s1. The van der Waals surface area contributed by atoms with Crippen LogP contribution in [0.25, 0.3) is 0 Å². The molecular formula is C18H18BrNO2. The number of ether oxygens (including phenoxy) is 1. The number of carbonyl (C=O) groups is 1. The molecular weight excluding hydrogens is 342 g/mol. The lowest BCUT2D eigenvalue weighted by molar-refractivity contribution is 0.0931. The first kappa shape index (κ1) is 15.1. The average molecular weight is 360 g/mol. The molecule has 114 valence electrons. The number of carbonyl (C=O) groups excluding carboxylic acids is 1. The number of benzene rings is 2. The van der Waals surface area contributed by atoms with Gasteiger partial charge in [0.05, 0.1) is 18.7 Å². The molecule has 1 amide bonds. The van der Waals surface area contributed by atoms with Crippen LogP contribution in [0.15, 0.2) is 46.9 Å². The summed E-state index contributed by atoms with van der Waals surface area (Å²) >= 11 is 3.44. The van der Waals surface area contributed by atoms with E-state index in [0.29, 0.717) is 11.3 Å². The maximum absolute atomic E-state index is 12.6. The molecule has 0 spiro atoms. The Kier molecular flexibility index (Phi) is 4.48. The van der Waals surface area contributed by atoms with Crippen molar-refractivity contribution in [1.82, 2.24) is 5.32 Å². The van der Waals surface area contributed by atoms with Crippen LogP contribution in [0.4, 0.5) is 0 Å². The van der Waals surface area contributed by atoms with Crippen LogP contribution in [0.2, 0.25) is 0 Å². The average Bonchev–Trinajstić information content (AvgIpc) is 2.55. The Morgan fingerprint density at radius 3 is 2.91 bits per heavy atom. The van der Waals surface area contributed by atoms with Gasteiger partial charge in [0.1, 0.15) is 5.75 Å². The maximum atomic E-state index is 12.6. The predicted molar refractivity (Wildman–Crippen MR) is 90.3 cm³/mol. The lowest BCUT2D eigenvalue weighted by atomic mass is 9.87. The van der Waals surface area contributed by atoms with E-state index in [1.54, 1.807) is 13.2 Å². The fourth-order valence-electron chi connectivity index (χ4n) is 2.95. The zero-order valence-electron chi connectivity index (χ0n) is 12.4. The van der Waals surface area contributed by atoms with Crippen molar-refractivity contribution in [3.05, 3.63) is 63.6 Å². The van der Waals surface area contributed by atoms with Crippen molar-refractivity contribution in [3.63, 3.8) is 0 Å². The van der Waals surface area contributed by atoms with E-state index in [4.69, 9.17) is 4.74 Å². The van der Waals surface area contributed by atoms with E-state index < -0.39 is 0 Å². The number of amides is 1. The highest BCUT2D eigenvalue weighted by molar-refractivity contribution is 9.10. The van der Waals surface area contributed by atoms with Gasteiger partial charge in [0.25, 0.3) is 5.91 Å². The van der Waals surface area contributed by atoms with Gasteiger partial charge in [-0.05, 0) is 64.5 Å². The molecule has 2 aromatic carbocycles. The first-order valence-corrected chi connectivity index (χ1v) is 8.20. The van der Waals surface area contributed by atoms with Crippen LogP contribution >= 0.6 is 15.9 Å². The third-order valence-electron chi connectivity index (χ3n) is 4.09. The summed E-state index contributed by atoms with van der Waals surface area (Å²) < 4.78 is 5.98. The summed E-state index contributed by atoms with van der Waals surface area (Å²) in [6.07, 6.45) is 3.16. The second-order valence-electron chi connectivity index (χ2n) is 5.46. The Labute approximate surface area is 138 Å². The lowest BCUT2D eigenvalue weighted by Gasteiger charge is -2.26. The quantitative estimate of drug-likeness (QED) is 0.888. The van der Waals surface area contributed by atoms with Crippen molar-refractivity contribution < 1.29 is 9.53 Å². The lowest BCUT2D eigenvalue weighted by Crippen LogP contribution is -2.31. The number of nitrogens with one attached hydrogen (secondary N) is 1. The van der Waals surface area contributed by atoms with E-state index in [-0.39, 0.29) is 11.9 Å². The van der Waals surface area contributed by atoms with Crippen LogP contribution < -0.4 is 10.1 Å². The third-order valence-corrected chi connectivity index (χ3v) is 4.78. The van der Waals surface area contributed by atoms with Gasteiger partial charge in [-0.1, -0.05) is 24.3 Å². The first-order valence-electron chi connectivity index (χ1n) is 7.41. The van der Waals surface area contributed by atoms with E-state index in [1.807, 2.05) is 18.2 Å². The molecule has 4 heteroatoms. The van der Waals surface area contributed by atoms with Gasteiger partial charge in [-0.3, -0.25) is 4.79 Å². The van der Waals surface area contributed by atoms with Crippen molar-refractivity contribution in [2.45, 2.75) is 25.3 Å². The summed E-state index contributed by atoms with van der Waals surface area (Å²) in [6.45, 7) is 0. The number of fused-ring (bicyclic) bond motifs is 1. The van der Waals surface area contributed by atoms with Crippen molar-refractivity contribution in [2.75, 3.05) is 7.11 Å². The summed E-state index contributed by atoms with van der Waals surface area (Å²) in [6, 6.07) is 13.9. The van der Waals surface area contributed by atoms with Crippen molar-refractivity contribution in [1.29, 1.82) is 0 Å². The molecule has 3 nitrogen and oxygen atoms in total. The molecule has 0 heterocycles. The predicted octanol–water partition coefficient (Wildman–Crippen LogP) is 4.27. The first-order chi connectivity index (χ1) is 10.7. The third kappa shape index (κ3) is 3.02. The van der Waals surface area contributed by atoms with Crippen molar-refractivity contribution >= 4 is 21.8 Å². The van der Waals surface area contributed by atoms with E-state index >= 15 is 0 Å². The second kappa shape index (κ2) is 6.53. The minimum atomic E-state index is -0.0764. The van der Waals surface area contributed by atoms with Crippen LogP contribution in [0.1, 0.15) is 40.4 Å². The smallest absolute Gasteiger partial charge is 0.253 e. The monoisotopic (exact) mass is 359 g/mol. The molecule has 0 unspecified atom stereocenters. The van der Waals surface area contributed by atoms with Gasteiger partial charge in [-0.15, -0.1) is 0 Å². The summed E-state index contributed by atoms with van der Waals surface area (Å²) in [4.78, 5) is 12.6. The summed E-state index contributed by atoms with van der Waals surface area (Å²) in [7, 11) is 1.60. The normalized spacial score (nSPS) is 16.7. The van der Waals surface area contributed by atoms with Gasteiger partial charge in [0.15, 0.2) is 0 Å². The number of hydrogen-bond donors (Lipinski definition) is 1. The maximum Gasteiger partial charge on any atom is 0.253 e. The number of hydrogen-bond acceptors (Lipinski definition) is 2. The van der Waals surface area contributed by atoms with Crippen molar-refractivity contribution in [3.8, 4) is 5.75 Å². The summed E-state index contributed by atoms with van der Waals surface area (Å²) in [5, 5.41) is 3.16. The summed E-state index contributed by atoms with van der Waals surface area (Å²) in [5.41, 5.74) is 3.17. The molecule has 2 aromatic rings. The number of aryl methyl sites for hydroxylation is 1. The number of halogens is 1. The molecule has 0 aliphatic heterocycles. The topological polar surface area (TPSA) is 38.3 Å². The molecule has 1 N–H and O–H groups in total. The van der Waals surface area contributed by atoms with Crippen LogP contribution in [0.3, 0.4) is 0 Å². The molecule has 1 atom stereocenters. The van der Waals surface area contributed by atoms with Crippen LogP contribution in [-0.2, 0) is 6.42 Å². The summed E-state index contributed by atoms with van der Waals surface area (Å²) in [5.74, 6) is 0.602. The Morgan fingerprint density at radius 2 is 2.09 bits per heavy atom. The van der Waals surface area contributed by atoms with Crippen LogP contribution in [0.5, 0.6) is 5.75 Å². The Balaban J connectivity index is 1.84. The molecule has 1 aliphatic rings. The Morgan fingerprint density at radius 1 is 1.27 bits per heavy atom. The Hall–Kier alpha value is -1.81. The highest BCUT2D eigenvalue weighted by atomic mass is 79.9. The number of rotatable bonds is 3. The molecule has 0 bridgehead atoms. The minimum Gasteiger partial charge on any atom is -0.497 e.